The first kappa shape index (κ1) is 15.1. The van der Waals surface area contributed by atoms with E-state index in [1.807, 2.05) is 17.0 Å². The number of carboxylic acid groups (broad SMARTS) is 1. The van der Waals surface area contributed by atoms with Crippen LogP contribution in [0.15, 0.2) is 24.3 Å². The first-order valence-corrected chi connectivity index (χ1v) is 8.21. The standard InChI is InChI=1S/C18H23NO3/c20-17(21)6-5-13-7-9-19(10-8-13)18(22)16-11-14-3-1-2-4-15(14)12-16/h1-4,13,16H,5-12H2,(H,20,21). The Kier molecular flexibility index (Phi) is 4.46. The number of hydrogen-bond acceptors (Lipinski definition) is 2. The Morgan fingerprint density at radius 1 is 1.09 bits per heavy atom. The molecule has 1 heterocycles. The number of fused-ring (bicyclic) bond motifs is 1. The topological polar surface area (TPSA) is 57.6 Å². The molecule has 1 aromatic carbocycles. The predicted octanol–water partition coefficient (Wildman–Crippen LogP) is 2.50. The molecule has 118 valence electrons. The van der Waals surface area contributed by atoms with Crippen molar-refractivity contribution in [1.29, 1.82) is 0 Å². The Hall–Kier alpha value is -1.84. The molecule has 0 saturated carbocycles. The van der Waals surface area contributed by atoms with Crippen LogP contribution < -0.4 is 0 Å². The highest BCUT2D eigenvalue weighted by molar-refractivity contribution is 5.80. The smallest absolute Gasteiger partial charge is 0.303 e. The second-order valence-electron chi connectivity index (χ2n) is 6.57. The average Bonchev–Trinajstić information content (AvgIpc) is 2.96. The predicted molar refractivity (Wildman–Crippen MR) is 83.5 cm³/mol. The van der Waals surface area contributed by atoms with Gasteiger partial charge >= 0.3 is 5.97 Å². The van der Waals surface area contributed by atoms with Crippen molar-refractivity contribution in [3.63, 3.8) is 0 Å². The average molecular weight is 301 g/mol. The van der Waals surface area contributed by atoms with Crippen molar-refractivity contribution in [2.75, 3.05) is 13.1 Å². The first-order valence-electron chi connectivity index (χ1n) is 8.21. The van der Waals surface area contributed by atoms with Crippen LogP contribution in [0.4, 0.5) is 0 Å². The van der Waals surface area contributed by atoms with Crippen LogP contribution >= 0.6 is 0 Å². The number of piperidine rings is 1. The van der Waals surface area contributed by atoms with Crippen LogP contribution in [0.2, 0.25) is 0 Å². The number of amides is 1. The molecule has 0 unspecified atom stereocenters. The van der Waals surface area contributed by atoms with Gasteiger partial charge in [-0.25, -0.2) is 0 Å². The van der Waals surface area contributed by atoms with E-state index in [1.165, 1.54) is 11.1 Å². The molecule has 0 aromatic heterocycles. The van der Waals surface area contributed by atoms with Crippen LogP contribution in [0.1, 0.15) is 36.8 Å². The van der Waals surface area contributed by atoms with Crippen molar-refractivity contribution in [1.82, 2.24) is 4.90 Å². The molecule has 0 bridgehead atoms. The molecule has 1 aliphatic carbocycles. The van der Waals surface area contributed by atoms with Gasteiger partial charge in [-0.1, -0.05) is 24.3 Å². The highest BCUT2D eigenvalue weighted by Crippen LogP contribution is 2.30. The Balaban J connectivity index is 1.50. The Morgan fingerprint density at radius 2 is 1.68 bits per heavy atom. The minimum atomic E-state index is -0.720. The number of carbonyl (C=O) groups excluding carboxylic acids is 1. The molecular weight excluding hydrogens is 278 g/mol. The molecule has 1 saturated heterocycles. The highest BCUT2D eigenvalue weighted by Gasteiger charge is 2.32. The maximum Gasteiger partial charge on any atom is 0.303 e. The van der Waals surface area contributed by atoms with Gasteiger partial charge in [-0.15, -0.1) is 0 Å². The number of carboxylic acids is 1. The van der Waals surface area contributed by atoms with Crippen molar-refractivity contribution in [2.24, 2.45) is 11.8 Å². The van der Waals surface area contributed by atoms with Gasteiger partial charge in [-0.2, -0.15) is 0 Å². The third-order valence-corrected chi connectivity index (χ3v) is 5.09. The van der Waals surface area contributed by atoms with E-state index >= 15 is 0 Å². The van der Waals surface area contributed by atoms with Crippen LogP contribution in [-0.2, 0) is 22.4 Å². The molecule has 0 atom stereocenters. The normalized spacial score (nSPS) is 19.2. The maximum atomic E-state index is 12.7. The third-order valence-electron chi connectivity index (χ3n) is 5.09. The number of rotatable bonds is 4. The van der Waals surface area contributed by atoms with E-state index in [9.17, 15) is 9.59 Å². The van der Waals surface area contributed by atoms with E-state index < -0.39 is 5.97 Å². The zero-order valence-electron chi connectivity index (χ0n) is 12.8. The van der Waals surface area contributed by atoms with Gasteiger partial charge in [-0.3, -0.25) is 9.59 Å². The summed E-state index contributed by atoms with van der Waals surface area (Å²) >= 11 is 0. The molecule has 4 nitrogen and oxygen atoms in total. The SMILES string of the molecule is O=C(O)CCC1CCN(C(=O)C2Cc3ccccc3C2)CC1. The number of carbonyl (C=O) groups is 2. The second-order valence-corrected chi connectivity index (χ2v) is 6.57. The Morgan fingerprint density at radius 3 is 2.23 bits per heavy atom. The molecule has 4 heteroatoms. The summed E-state index contributed by atoms with van der Waals surface area (Å²) in [5, 5.41) is 8.75. The Labute approximate surface area is 131 Å². The molecule has 1 amide bonds. The van der Waals surface area contributed by atoms with E-state index in [1.54, 1.807) is 0 Å². The minimum absolute atomic E-state index is 0.105. The molecule has 22 heavy (non-hydrogen) atoms. The van der Waals surface area contributed by atoms with Gasteiger partial charge in [0.2, 0.25) is 5.91 Å². The maximum absolute atomic E-state index is 12.7. The lowest BCUT2D eigenvalue weighted by Gasteiger charge is -2.33. The molecule has 1 aliphatic heterocycles. The zero-order valence-corrected chi connectivity index (χ0v) is 12.8. The summed E-state index contributed by atoms with van der Waals surface area (Å²) < 4.78 is 0. The molecule has 1 fully saturated rings. The van der Waals surface area contributed by atoms with Gasteiger partial charge in [0.1, 0.15) is 0 Å². The summed E-state index contributed by atoms with van der Waals surface area (Å²) in [5.74, 6) is 0.129. The van der Waals surface area contributed by atoms with Crippen molar-refractivity contribution < 1.29 is 14.7 Å². The summed E-state index contributed by atoms with van der Waals surface area (Å²) in [7, 11) is 0. The first-order chi connectivity index (χ1) is 10.6. The summed E-state index contributed by atoms with van der Waals surface area (Å²) in [6.45, 7) is 1.58. The molecule has 2 aliphatic rings. The minimum Gasteiger partial charge on any atom is -0.481 e. The number of likely N-dealkylation sites (tertiary alicyclic amines) is 1. The molecule has 1 N–H and O–H groups in total. The van der Waals surface area contributed by atoms with E-state index in [0.717, 1.165) is 45.2 Å². The van der Waals surface area contributed by atoms with E-state index in [2.05, 4.69) is 12.1 Å². The molecule has 0 spiro atoms. The molecule has 3 rings (SSSR count). The number of aliphatic carboxylic acids is 1. The zero-order chi connectivity index (χ0) is 15.5. The van der Waals surface area contributed by atoms with Crippen LogP contribution in [0.25, 0.3) is 0 Å². The van der Waals surface area contributed by atoms with Gasteiger partial charge in [-0.05, 0) is 49.1 Å². The van der Waals surface area contributed by atoms with E-state index in [0.29, 0.717) is 5.92 Å². The van der Waals surface area contributed by atoms with Gasteiger partial charge in [0.05, 0.1) is 0 Å². The summed E-state index contributed by atoms with van der Waals surface area (Å²) in [5.41, 5.74) is 2.63. The van der Waals surface area contributed by atoms with Gasteiger partial charge in [0, 0.05) is 25.4 Å². The lowest BCUT2D eigenvalue weighted by molar-refractivity contribution is -0.139. The summed E-state index contributed by atoms with van der Waals surface area (Å²) in [6, 6.07) is 8.33. The summed E-state index contributed by atoms with van der Waals surface area (Å²) in [4.78, 5) is 25.3. The van der Waals surface area contributed by atoms with Gasteiger partial charge in [0.25, 0.3) is 0 Å². The largest absolute Gasteiger partial charge is 0.481 e. The van der Waals surface area contributed by atoms with Gasteiger partial charge < -0.3 is 10.0 Å². The van der Waals surface area contributed by atoms with Crippen molar-refractivity contribution >= 4 is 11.9 Å². The number of nitrogens with zero attached hydrogens (tertiary/aromatic N) is 1. The molecular formula is C18H23NO3. The molecule has 1 aromatic rings. The summed E-state index contributed by atoms with van der Waals surface area (Å²) in [6.07, 6.45) is 4.61. The fourth-order valence-electron chi connectivity index (χ4n) is 3.76. The lowest BCUT2D eigenvalue weighted by Crippen LogP contribution is -2.42. The number of hydrogen-bond donors (Lipinski definition) is 1. The quantitative estimate of drug-likeness (QED) is 0.929. The van der Waals surface area contributed by atoms with Crippen molar-refractivity contribution in [3.8, 4) is 0 Å². The monoisotopic (exact) mass is 301 g/mol. The number of benzene rings is 1. The second kappa shape index (κ2) is 6.51. The van der Waals surface area contributed by atoms with E-state index in [4.69, 9.17) is 5.11 Å². The van der Waals surface area contributed by atoms with Crippen LogP contribution in [0.5, 0.6) is 0 Å². The van der Waals surface area contributed by atoms with Crippen molar-refractivity contribution in [3.05, 3.63) is 35.4 Å². The van der Waals surface area contributed by atoms with Gasteiger partial charge in [0.15, 0.2) is 0 Å². The van der Waals surface area contributed by atoms with E-state index in [-0.39, 0.29) is 18.2 Å². The third kappa shape index (κ3) is 3.32. The van der Waals surface area contributed by atoms with Crippen LogP contribution in [0, 0.1) is 11.8 Å². The molecule has 0 radical (unpaired) electrons. The fourth-order valence-corrected chi connectivity index (χ4v) is 3.76. The highest BCUT2D eigenvalue weighted by atomic mass is 16.4. The van der Waals surface area contributed by atoms with Crippen LogP contribution in [0.3, 0.4) is 0 Å². The fraction of sp³-hybridized carbons (Fsp3) is 0.556. The Bertz CT molecular complexity index is 536. The lowest BCUT2D eigenvalue weighted by atomic mass is 9.91. The van der Waals surface area contributed by atoms with Crippen LogP contribution in [-0.4, -0.2) is 35.0 Å². The van der Waals surface area contributed by atoms with Crippen molar-refractivity contribution in [2.45, 2.75) is 38.5 Å².